The summed E-state index contributed by atoms with van der Waals surface area (Å²) in [5, 5.41) is 0. The van der Waals surface area contributed by atoms with Crippen molar-refractivity contribution >= 4 is 0 Å². The summed E-state index contributed by atoms with van der Waals surface area (Å²) in [6.45, 7) is -0.500. The molecule has 0 spiro atoms. The molecule has 0 bridgehead atoms. The molecule has 0 saturated heterocycles. The molecule has 0 aliphatic carbocycles. The van der Waals surface area contributed by atoms with E-state index in [0.29, 0.717) is 11.3 Å². The maximum atomic E-state index is 11.7. The molecule has 0 unspecified atom stereocenters. The first-order chi connectivity index (χ1) is 8.51. The van der Waals surface area contributed by atoms with E-state index in [9.17, 15) is 13.2 Å². The minimum atomic E-state index is -4.63. The van der Waals surface area contributed by atoms with Crippen molar-refractivity contribution in [2.24, 2.45) is 5.73 Å². The van der Waals surface area contributed by atoms with Gasteiger partial charge in [-0.15, -0.1) is 13.2 Å². The van der Waals surface area contributed by atoms with Crippen LogP contribution in [0.5, 0.6) is 5.75 Å². The largest absolute Gasteiger partial charge is 0.522 e. The number of hydrogen-bond donors (Lipinski definition) is 1. The molecule has 0 fully saturated rings. The fraction of sp³-hybridized carbons (Fsp3) is 0.333. The molecule has 3 nitrogen and oxygen atoms in total. The van der Waals surface area contributed by atoms with E-state index in [4.69, 9.17) is 10.5 Å². The number of nitrogens with two attached hydrogens (primary N) is 1. The quantitative estimate of drug-likeness (QED) is 0.663. The summed E-state index contributed by atoms with van der Waals surface area (Å²) in [7, 11) is 0. The van der Waals surface area contributed by atoms with Crippen LogP contribution in [0.3, 0.4) is 0 Å². The van der Waals surface area contributed by atoms with Gasteiger partial charge in [-0.05, 0) is 18.2 Å². The zero-order chi connectivity index (χ0) is 13.4. The summed E-state index contributed by atoms with van der Waals surface area (Å²) in [5.41, 5.74) is 5.91. The van der Waals surface area contributed by atoms with Crippen molar-refractivity contribution in [1.82, 2.24) is 0 Å². The van der Waals surface area contributed by atoms with Crippen molar-refractivity contribution in [2.45, 2.75) is 6.36 Å². The van der Waals surface area contributed by atoms with Crippen LogP contribution in [0, 0.1) is 11.8 Å². The lowest BCUT2D eigenvalue weighted by Crippen LogP contribution is -2.18. The molecule has 0 atom stereocenters. The average molecular weight is 259 g/mol. The van der Waals surface area contributed by atoms with E-state index in [2.05, 4.69) is 16.6 Å². The lowest BCUT2D eigenvalue weighted by Gasteiger charge is -2.09. The zero-order valence-electron chi connectivity index (χ0n) is 9.46. The number of ether oxygens (including phenoxy) is 2. The summed E-state index contributed by atoms with van der Waals surface area (Å²) in [6.07, 6.45) is -4.63. The van der Waals surface area contributed by atoms with Gasteiger partial charge in [0.1, 0.15) is 12.4 Å². The summed E-state index contributed by atoms with van der Waals surface area (Å²) in [5.74, 6) is 5.90. The molecule has 0 saturated carbocycles. The van der Waals surface area contributed by atoms with E-state index in [-0.39, 0.29) is 13.2 Å². The Morgan fingerprint density at radius 1 is 1.22 bits per heavy atom. The Kier molecular flexibility index (Phi) is 5.49. The van der Waals surface area contributed by atoms with Crippen molar-refractivity contribution in [3.63, 3.8) is 0 Å². The van der Waals surface area contributed by atoms with E-state index in [1.807, 2.05) is 0 Å². The van der Waals surface area contributed by atoms with Crippen LogP contribution in [0.25, 0.3) is 0 Å². The molecule has 18 heavy (non-hydrogen) atoms. The van der Waals surface area contributed by atoms with Crippen molar-refractivity contribution in [3.05, 3.63) is 29.8 Å². The molecule has 0 aliphatic rings. The van der Waals surface area contributed by atoms with Crippen LogP contribution < -0.4 is 10.5 Å². The van der Waals surface area contributed by atoms with Crippen LogP contribution in [-0.2, 0) is 4.74 Å². The highest BCUT2D eigenvalue weighted by atomic mass is 19.4. The van der Waals surface area contributed by atoms with Crippen molar-refractivity contribution < 1.29 is 22.6 Å². The highest BCUT2D eigenvalue weighted by molar-refractivity contribution is 5.39. The Morgan fingerprint density at radius 3 is 2.67 bits per heavy atom. The Bertz CT molecular complexity index is 435. The van der Waals surface area contributed by atoms with Crippen molar-refractivity contribution in [3.8, 4) is 17.6 Å². The number of rotatable bonds is 4. The molecular weight excluding hydrogens is 247 g/mol. The molecule has 0 heterocycles. The predicted molar refractivity (Wildman–Crippen MR) is 59.9 cm³/mol. The van der Waals surface area contributed by atoms with Gasteiger partial charge in [0.05, 0.1) is 13.2 Å². The van der Waals surface area contributed by atoms with Gasteiger partial charge < -0.3 is 10.5 Å². The summed E-state index contributed by atoms with van der Waals surface area (Å²) in [6, 6.07) is 6.69. The summed E-state index contributed by atoms with van der Waals surface area (Å²) in [4.78, 5) is 0. The maximum Gasteiger partial charge on any atom is 0.522 e. The zero-order valence-corrected chi connectivity index (χ0v) is 9.46. The monoisotopic (exact) mass is 259 g/mol. The van der Waals surface area contributed by atoms with Crippen LogP contribution in [0.1, 0.15) is 5.56 Å². The van der Waals surface area contributed by atoms with Crippen LogP contribution >= 0.6 is 0 Å². The van der Waals surface area contributed by atoms with Gasteiger partial charge in [0, 0.05) is 5.56 Å². The Labute approximate surface area is 103 Å². The second-order valence-electron chi connectivity index (χ2n) is 3.18. The number of halogens is 3. The third-order valence-corrected chi connectivity index (χ3v) is 1.79. The van der Waals surface area contributed by atoms with E-state index >= 15 is 0 Å². The molecule has 98 valence electrons. The highest BCUT2D eigenvalue weighted by Crippen LogP contribution is 2.16. The second kappa shape index (κ2) is 6.89. The van der Waals surface area contributed by atoms with Gasteiger partial charge in [0.25, 0.3) is 0 Å². The van der Waals surface area contributed by atoms with Crippen molar-refractivity contribution in [2.75, 3.05) is 19.8 Å². The molecule has 1 aromatic rings. The third-order valence-electron chi connectivity index (χ3n) is 1.79. The molecule has 6 heteroatoms. The summed E-state index contributed by atoms with van der Waals surface area (Å²) >= 11 is 0. The molecule has 0 aromatic heterocycles. The lowest BCUT2D eigenvalue weighted by molar-refractivity contribution is -0.325. The Morgan fingerprint density at radius 2 is 2.00 bits per heavy atom. The van der Waals surface area contributed by atoms with Gasteiger partial charge in [-0.1, -0.05) is 17.9 Å². The van der Waals surface area contributed by atoms with Crippen LogP contribution in [0.2, 0.25) is 0 Å². The second-order valence-corrected chi connectivity index (χ2v) is 3.18. The predicted octanol–water partition coefficient (Wildman–Crippen LogP) is 1.91. The van der Waals surface area contributed by atoms with Gasteiger partial charge in [0.15, 0.2) is 0 Å². The average Bonchev–Trinajstić information content (AvgIpc) is 2.31. The fourth-order valence-electron chi connectivity index (χ4n) is 1.13. The number of hydrogen-bond acceptors (Lipinski definition) is 3. The van der Waals surface area contributed by atoms with Gasteiger partial charge in [-0.3, -0.25) is 4.74 Å². The summed E-state index contributed by atoms with van der Waals surface area (Å²) < 4.78 is 43.7. The van der Waals surface area contributed by atoms with Crippen LogP contribution in [0.4, 0.5) is 13.2 Å². The SMILES string of the molecule is NCC#Cc1cccc(OCCOC(F)(F)F)c1. The Balaban J connectivity index is 2.43. The topological polar surface area (TPSA) is 44.5 Å². The first kappa shape index (κ1) is 14.4. The van der Waals surface area contributed by atoms with Crippen LogP contribution in [0.15, 0.2) is 24.3 Å². The molecule has 1 aromatic carbocycles. The fourth-order valence-corrected chi connectivity index (χ4v) is 1.13. The minimum absolute atomic E-state index is 0.187. The highest BCUT2D eigenvalue weighted by Gasteiger charge is 2.28. The van der Waals surface area contributed by atoms with Gasteiger partial charge in [-0.2, -0.15) is 0 Å². The van der Waals surface area contributed by atoms with E-state index in [0.717, 1.165) is 0 Å². The number of benzene rings is 1. The van der Waals surface area contributed by atoms with E-state index in [1.54, 1.807) is 24.3 Å². The van der Waals surface area contributed by atoms with Gasteiger partial charge >= 0.3 is 6.36 Å². The molecule has 2 N–H and O–H groups in total. The normalized spacial score (nSPS) is 10.7. The standard InChI is InChI=1S/C12H12F3NO2/c13-12(14,15)18-8-7-17-11-5-1-3-10(9-11)4-2-6-16/h1,3,5,9H,6-8,16H2. The number of alkyl halides is 3. The lowest BCUT2D eigenvalue weighted by atomic mass is 10.2. The van der Waals surface area contributed by atoms with Gasteiger partial charge in [0.2, 0.25) is 0 Å². The van der Waals surface area contributed by atoms with Crippen LogP contribution in [-0.4, -0.2) is 26.1 Å². The minimum Gasteiger partial charge on any atom is -0.491 e. The smallest absolute Gasteiger partial charge is 0.491 e. The van der Waals surface area contributed by atoms with Crippen molar-refractivity contribution in [1.29, 1.82) is 0 Å². The molecular formula is C12H12F3NO2. The first-order valence-electron chi connectivity index (χ1n) is 5.14. The van der Waals surface area contributed by atoms with Gasteiger partial charge in [-0.25, -0.2) is 0 Å². The van der Waals surface area contributed by atoms with E-state index < -0.39 is 13.0 Å². The maximum absolute atomic E-state index is 11.7. The first-order valence-corrected chi connectivity index (χ1v) is 5.14. The molecule has 0 radical (unpaired) electrons. The Hall–Kier alpha value is -1.71. The van der Waals surface area contributed by atoms with E-state index in [1.165, 1.54) is 0 Å². The molecule has 0 aliphatic heterocycles. The molecule has 0 amide bonds. The molecule has 1 rings (SSSR count). The third kappa shape index (κ3) is 6.13.